The second-order valence-electron chi connectivity index (χ2n) is 22.9. The third-order valence-corrected chi connectivity index (χ3v) is 17.4. The molecule has 0 saturated carbocycles. The van der Waals surface area contributed by atoms with E-state index in [-0.39, 0.29) is 24.3 Å². The number of anilines is 6. The van der Waals surface area contributed by atoms with E-state index in [0.29, 0.717) is 0 Å². The fourth-order valence-electron chi connectivity index (χ4n) is 12.7. The maximum atomic E-state index is 7.05. The molecule has 0 amide bonds. The number of nitrogens with zero attached hydrogens (tertiary/aromatic N) is 3. The van der Waals surface area contributed by atoms with Crippen molar-refractivity contribution < 1.29 is 9.47 Å². The van der Waals surface area contributed by atoms with Gasteiger partial charge >= 0.3 is 0 Å². The summed E-state index contributed by atoms with van der Waals surface area (Å²) in [5.74, 6) is 3.22. The highest BCUT2D eigenvalue weighted by Crippen LogP contribution is 2.49. The Morgan fingerprint density at radius 3 is 1.49 bits per heavy atom. The predicted octanol–water partition coefficient (Wildman–Crippen LogP) is 14.3. The first-order chi connectivity index (χ1) is 36.9. The van der Waals surface area contributed by atoms with Crippen molar-refractivity contribution in [1.82, 2.24) is 4.57 Å². The van der Waals surface area contributed by atoms with Crippen molar-refractivity contribution in [2.45, 2.75) is 62.2 Å². The Balaban J connectivity index is 1.01. The standard InChI is InChI=1S/C68H53B2N3O2S/c1-67(2,3)42-28-32-46(33-29-42)74-48-36-59-64-60(37-48)73-56-26-15-13-22-50(56)51-23-17-25-53(66(51)73)70(64)55-40-54-57(41-58(55)71(59)44-18-9-7-10-19-44)72(45-20-11-8-12-21-45)61-38-49(75-47-34-30-43(31-35-47)68(4,5)6)39-63-65(61)69(54)52-24-14-16-27-62(52)76-63/h7-41H,1-6H3. The van der Waals surface area contributed by atoms with Gasteiger partial charge in [0.05, 0.1) is 5.52 Å². The van der Waals surface area contributed by atoms with E-state index in [2.05, 4.69) is 268 Å². The minimum absolute atomic E-state index is 0.0231. The lowest BCUT2D eigenvalue weighted by Crippen LogP contribution is -2.64. The second kappa shape index (κ2) is 16.6. The van der Waals surface area contributed by atoms with Gasteiger partial charge in [-0.05, 0) is 122 Å². The molecular weight excluding hydrogens is 944 g/mol. The van der Waals surface area contributed by atoms with Crippen LogP contribution in [0, 0.1) is 0 Å². The summed E-state index contributed by atoms with van der Waals surface area (Å²) >= 11 is 1.85. The highest BCUT2D eigenvalue weighted by Gasteiger charge is 2.47. The largest absolute Gasteiger partial charge is 0.457 e. The second-order valence-corrected chi connectivity index (χ2v) is 24.0. The number of aromatic nitrogens is 1. The van der Waals surface area contributed by atoms with Gasteiger partial charge in [-0.1, -0.05) is 180 Å². The van der Waals surface area contributed by atoms with Crippen molar-refractivity contribution in [3.63, 3.8) is 0 Å². The average Bonchev–Trinajstić information content (AvgIpc) is 3.89. The van der Waals surface area contributed by atoms with E-state index in [9.17, 15) is 0 Å². The zero-order valence-electron chi connectivity index (χ0n) is 43.4. The highest BCUT2D eigenvalue weighted by atomic mass is 32.2. The van der Waals surface area contributed by atoms with Gasteiger partial charge in [0.15, 0.2) is 0 Å². The van der Waals surface area contributed by atoms with Gasteiger partial charge in [-0.25, -0.2) is 0 Å². The maximum Gasteiger partial charge on any atom is 0.252 e. The molecule has 0 unspecified atom stereocenters. The summed E-state index contributed by atoms with van der Waals surface area (Å²) < 4.78 is 16.5. The van der Waals surface area contributed by atoms with Crippen molar-refractivity contribution in [3.8, 4) is 28.7 Å². The van der Waals surface area contributed by atoms with Crippen LogP contribution < -0.4 is 52.1 Å². The predicted molar refractivity (Wildman–Crippen MR) is 320 cm³/mol. The fraction of sp³-hybridized carbons (Fsp3) is 0.118. The SMILES string of the molecule is CC(C)(C)c1ccc(Oc2cc3c4c(c2)N(c2ccccc2)c2cc5c(cc2B4c2ccccc2S3)B2c3c(cc(Oc4ccc(C(C)(C)C)cc4)cc3-n3c4ccccc4c4cccc2c43)N5c2ccccc2)cc1. The molecule has 15 rings (SSSR count). The molecule has 0 bridgehead atoms. The molecule has 0 spiro atoms. The number of benzene rings is 10. The summed E-state index contributed by atoms with van der Waals surface area (Å²) in [6.07, 6.45) is 0. The summed E-state index contributed by atoms with van der Waals surface area (Å²) in [4.78, 5) is 7.48. The average molecular weight is 998 g/mol. The van der Waals surface area contributed by atoms with Crippen LogP contribution in [-0.2, 0) is 10.8 Å². The quantitative estimate of drug-likeness (QED) is 0.155. The van der Waals surface area contributed by atoms with E-state index in [4.69, 9.17) is 9.47 Å². The molecule has 0 radical (unpaired) electrons. The number of hydrogen-bond acceptors (Lipinski definition) is 5. The topological polar surface area (TPSA) is 29.9 Å². The van der Waals surface area contributed by atoms with Crippen LogP contribution >= 0.6 is 11.8 Å². The molecule has 0 atom stereocenters. The molecule has 11 aromatic rings. The third-order valence-electron chi connectivity index (χ3n) is 16.2. The summed E-state index contributed by atoms with van der Waals surface area (Å²) in [7, 11) is 0. The summed E-state index contributed by atoms with van der Waals surface area (Å²) in [6.45, 7) is 13.4. The van der Waals surface area contributed by atoms with Crippen molar-refractivity contribution in [2.75, 3.05) is 9.80 Å². The smallest absolute Gasteiger partial charge is 0.252 e. The van der Waals surface area contributed by atoms with Gasteiger partial charge in [0.1, 0.15) is 23.0 Å². The Bertz CT molecular complexity index is 4180. The zero-order chi connectivity index (χ0) is 51.2. The number of ether oxygens (including phenoxy) is 2. The van der Waals surface area contributed by atoms with Gasteiger partial charge in [-0.3, -0.25) is 0 Å². The third kappa shape index (κ3) is 6.89. The molecule has 0 N–H and O–H groups in total. The molecule has 364 valence electrons. The van der Waals surface area contributed by atoms with Crippen LogP contribution in [0.5, 0.6) is 23.0 Å². The number of rotatable bonds is 6. The van der Waals surface area contributed by atoms with E-state index in [0.717, 1.165) is 62.8 Å². The minimum Gasteiger partial charge on any atom is -0.457 e. The van der Waals surface area contributed by atoms with Gasteiger partial charge < -0.3 is 23.8 Å². The Morgan fingerprint density at radius 2 is 0.868 bits per heavy atom. The summed E-state index contributed by atoms with van der Waals surface area (Å²) in [6, 6.07) is 78.2. The molecular formula is C68H53B2N3O2S. The Hall–Kier alpha value is -8.32. The molecule has 76 heavy (non-hydrogen) atoms. The molecule has 4 aliphatic rings. The van der Waals surface area contributed by atoms with Gasteiger partial charge in [-0.2, -0.15) is 0 Å². The zero-order valence-corrected chi connectivity index (χ0v) is 44.2. The van der Waals surface area contributed by atoms with E-state index < -0.39 is 0 Å². The summed E-state index contributed by atoms with van der Waals surface area (Å²) in [5.41, 5.74) is 20.6. The van der Waals surface area contributed by atoms with E-state index in [1.165, 1.54) is 75.5 Å². The number of fused-ring (bicyclic) bond motifs is 11. The lowest BCUT2D eigenvalue weighted by Gasteiger charge is -2.44. The summed E-state index contributed by atoms with van der Waals surface area (Å²) in [5, 5.41) is 2.50. The van der Waals surface area contributed by atoms with Crippen LogP contribution in [0.3, 0.4) is 0 Å². The van der Waals surface area contributed by atoms with Crippen LogP contribution in [0.4, 0.5) is 34.1 Å². The lowest BCUT2D eigenvalue weighted by molar-refractivity contribution is 0.480. The molecule has 8 heteroatoms. The van der Waals surface area contributed by atoms with Crippen molar-refractivity contribution in [2.24, 2.45) is 0 Å². The van der Waals surface area contributed by atoms with Crippen LogP contribution in [0.1, 0.15) is 52.7 Å². The first kappa shape index (κ1) is 45.1. The normalized spacial score (nSPS) is 13.8. The molecule has 5 nitrogen and oxygen atoms in total. The van der Waals surface area contributed by atoms with Crippen molar-refractivity contribution in [1.29, 1.82) is 0 Å². The monoisotopic (exact) mass is 997 g/mol. The van der Waals surface area contributed by atoms with Crippen molar-refractivity contribution >= 4 is 114 Å². The van der Waals surface area contributed by atoms with E-state index in [1.54, 1.807) is 0 Å². The Labute approximate surface area is 449 Å². The van der Waals surface area contributed by atoms with Crippen LogP contribution in [0.15, 0.2) is 222 Å². The fourth-order valence-corrected chi connectivity index (χ4v) is 13.9. The molecule has 0 fully saturated rings. The lowest BCUT2D eigenvalue weighted by atomic mass is 9.31. The van der Waals surface area contributed by atoms with Gasteiger partial charge in [0.2, 0.25) is 6.71 Å². The Kier molecular flexibility index (Phi) is 9.85. The van der Waals surface area contributed by atoms with Gasteiger partial charge in [0.25, 0.3) is 6.71 Å². The molecule has 0 saturated heterocycles. The Morgan fingerprint density at radius 1 is 0.368 bits per heavy atom. The van der Waals surface area contributed by atoms with E-state index >= 15 is 0 Å². The van der Waals surface area contributed by atoms with Gasteiger partial charge in [-0.15, -0.1) is 0 Å². The molecule has 0 aliphatic carbocycles. The molecule has 4 aliphatic heterocycles. The molecule has 5 heterocycles. The highest BCUT2D eigenvalue weighted by molar-refractivity contribution is 8.00. The maximum absolute atomic E-state index is 7.05. The van der Waals surface area contributed by atoms with Crippen molar-refractivity contribution in [3.05, 3.63) is 223 Å². The first-order valence-electron chi connectivity index (χ1n) is 26.5. The minimum atomic E-state index is -0.0920. The van der Waals surface area contributed by atoms with Crippen LogP contribution in [-0.4, -0.2) is 18.0 Å². The van der Waals surface area contributed by atoms with Crippen LogP contribution in [0.2, 0.25) is 0 Å². The number of hydrogen-bond donors (Lipinski definition) is 0. The number of para-hydroxylation sites is 4. The van der Waals surface area contributed by atoms with E-state index in [1.807, 2.05) is 11.8 Å². The molecule has 10 aromatic carbocycles. The van der Waals surface area contributed by atoms with Gasteiger partial charge in [0, 0.05) is 84.1 Å². The van der Waals surface area contributed by atoms with Crippen LogP contribution in [0.25, 0.3) is 27.5 Å². The molecule has 1 aromatic heterocycles. The first-order valence-corrected chi connectivity index (χ1v) is 27.4.